The summed E-state index contributed by atoms with van der Waals surface area (Å²) < 4.78 is 17.0. The summed E-state index contributed by atoms with van der Waals surface area (Å²) in [5.74, 6) is 0. The third kappa shape index (κ3) is 385. The lowest BCUT2D eigenvalue weighted by atomic mass is 10.2. The van der Waals surface area contributed by atoms with Crippen LogP contribution in [0.5, 0.6) is 0 Å². The zero-order valence-corrected chi connectivity index (χ0v) is 55.5. The van der Waals surface area contributed by atoms with Gasteiger partial charge in [0.1, 0.15) is 0 Å². The minimum atomic E-state index is 1.32. The Morgan fingerprint density at radius 3 is 0.308 bits per heavy atom. The van der Waals surface area contributed by atoms with E-state index in [0.29, 0.717) is 0 Å². The average molecular weight is 1160 g/mol. The lowest BCUT2D eigenvalue weighted by Crippen LogP contribution is -1.62. The van der Waals surface area contributed by atoms with Crippen LogP contribution in [0.3, 0.4) is 0 Å². The zero-order valence-electron chi connectivity index (χ0n) is 51.2. The van der Waals surface area contributed by atoms with Gasteiger partial charge in [-0.15, -0.1) is 0 Å². The fourth-order valence-corrected chi connectivity index (χ4v) is 1.69. The van der Waals surface area contributed by atoms with Crippen molar-refractivity contribution in [2.24, 2.45) is 0 Å². The van der Waals surface area contributed by atoms with E-state index >= 15 is 0 Å². The van der Waals surface area contributed by atoms with Crippen LogP contribution in [0.25, 0.3) is 0 Å². The van der Waals surface area contributed by atoms with Gasteiger partial charge in [0.2, 0.25) is 0 Å². The average Bonchev–Trinajstić information content (AvgIpc) is 3.45. The summed E-state index contributed by atoms with van der Waals surface area (Å²) in [5.41, 5.74) is 1.32. The highest BCUT2D eigenvalue weighted by Gasteiger charge is 1.72. The molecule has 0 radical (unpaired) electrons. The van der Waals surface area contributed by atoms with E-state index in [1.807, 2.05) is 307 Å². The van der Waals surface area contributed by atoms with E-state index in [0.717, 1.165) is 0 Å². The van der Waals surface area contributed by atoms with Crippen molar-refractivity contribution in [1.29, 1.82) is 0 Å². The second kappa shape index (κ2) is 293. The number of aryl methyl sites for hydroxylation is 1. The summed E-state index contributed by atoms with van der Waals surface area (Å²) in [6.45, 7) is 54.1. The quantitative estimate of drug-likeness (QED) is 0.164. The van der Waals surface area contributed by atoms with E-state index in [1.54, 1.807) is 56.9 Å². The third-order valence-electron chi connectivity index (χ3n) is 2.94. The second-order valence-corrected chi connectivity index (χ2v) is 6.75. The SMILES string of the molecule is CC.CC.CC.CC.CC.CC.CC.CC.CC.CC.CC.CC.CC.COC.COC.COC.COC.Cc1ccccc1.II.c1ccccc1.c1ccccc1.c1ccccc1. The second-order valence-electron chi connectivity index (χ2n) is 6.75. The first-order chi connectivity index (χ1) is 32.1. The number of rotatable bonds is 0. The fraction of sp³-hybridized carbons (Fsp3) is 0.593. The minimum absolute atomic E-state index is 1.32. The zero-order chi connectivity index (χ0) is 56.7. The molecule has 0 bridgehead atoms. The normalized spacial score (nSPS) is 5.55. The van der Waals surface area contributed by atoms with Gasteiger partial charge < -0.3 is 18.9 Å². The van der Waals surface area contributed by atoms with Crippen LogP contribution in [-0.4, -0.2) is 56.9 Å². The molecule has 0 heterocycles. The topological polar surface area (TPSA) is 36.9 Å². The fourth-order valence-electron chi connectivity index (χ4n) is 1.69. The Kier molecular flexibility index (Phi) is 540. The van der Waals surface area contributed by atoms with Gasteiger partial charge in [0.15, 0.2) is 0 Å². The number of ether oxygens (including phenoxy) is 4. The molecule has 4 aromatic carbocycles. The molecule has 0 aliphatic heterocycles. The maximum Gasteiger partial charge on any atom is 0.0351 e. The molecule has 0 amide bonds. The maximum absolute atomic E-state index is 4.25. The Labute approximate surface area is 442 Å². The summed E-state index contributed by atoms with van der Waals surface area (Å²) >= 11 is 4.24. The molecule has 4 rings (SSSR count). The molecule has 0 spiro atoms. The van der Waals surface area contributed by atoms with Gasteiger partial charge in [-0.05, 0) is 6.92 Å². The number of halogens is 2. The van der Waals surface area contributed by atoms with E-state index < -0.39 is 0 Å². The summed E-state index contributed by atoms with van der Waals surface area (Å²) in [7, 11) is 13.0. The van der Waals surface area contributed by atoms with Crippen LogP contribution < -0.4 is 0 Å². The van der Waals surface area contributed by atoms with Gasteiger partial charge in [-0.2, -0.15) is 0 Å². The molecule has 402 valence electrons. The number of benzene rings is 4. The molecule has 0 unspecified atom stereocenters. The van der Waals surface area contributed by atoms with Gasteiger partial charge >= 0.3 is 0 Å². The number of methoxy groups -OCH3 is 4. The van der Waals surface area contributed by atoms with Crippen LogP contribution in [0.15, 0.2) is 140 Å². The van der Waals surface area contributed by atoms with Crippen molar-refractivity contribution < 1.29 is 18.9 Å². The van der Waals surface area contributed by atoms with Gasteiger partial charge in [0, 0.05) is 94.1 Å². The van der Waals surface area contributed by atoms with Crippen LogP contribution in [0.4, 0.5) is 0 Å². The molecule has 4 aromatic rings. The molecular weight excluding hydrogens is 1030 g/mol. The molecule has 0 fully saturated rings. The first-order valence-corrected chi connectivity index (χ1v) is 31.1. The van der Waals surface area contributed by atoms with E-state index in [9.17, 15) is 0 Å². The molecule has 0 saturated heterocycles. The van der Waals surface area contributed by atoms with E-state index in [-0.39, 0.29) is 0 Å². The Balaban J connectivity index is -0.0000000228. The van der Waals surface area contributed by atoms with Crippen LogP contribution in [0, 0.1) is 6.92 Å². The first-order valence-electron chi connectivity index (χ1n) is 24.8. The van der Waals surface area contributed by atoms with Gasteiger partial charge in [-0.25, -0.2) is 0 Å². The van der Waals surface area contributed by atoms with Crippen molar-refractivity contribution in [3.05, 3.63) is 145 Å². The summed E-state index contributed by atoms with van der Waals surface area (Å²) in [4.78, 5) is 0. The van der Waals surface area contributed by atoms with E-state index in [2.05, 4.69) is 75.2 Å². The maximum atomic E-state index is 4.25. The lowest BCUT2D eigenvalue weighted by Gasteiger charge is -1.82. The molecular formula is C59H128I2O4. The Hall–Kier alpha value is -1.82. The molecule has 6 heteroatoms. The van der Waals surface area contributed by atoms with Crippen LogP contribution in [0.2, 0.25) is 0 Å². The van der Waals surface area contributed by atoms with E-state index in [1.165, 1.54) is 5.56 Å². The molecule has 0 aliphatic carbocycles. The van der Waals surface area contributed by atoms with Crippen LogP contribution >= 0.6 is 37.2 Å². The standard InChI is InChI=1S/C7H8.3C6H6.4C2H6O.13C2H6.I2/c1-7-5-3-2-4-6-7;3*1-2-4-6-5-3-1;4*1-3-2;14*1-2/h2-6H,1H3;3*1-6H;4*1-2H3;13*1-2H3;. The van der Waals surface area contributed by atoms with Crippen LogP contribution in [0.1, 0.15) is 186 Å². The molecule has 65 heavy (non-hydrogen) atoms. The van der Waals surface area contributed by atoms with E-state index in [4.69, 9.17) is 0 Å². The molecule has 0 aromatic heterocycles. The van der Waals surface area contributed by atoms with Crippen LogP contribution in [-0.2, 0) is 18.9 Å². The van der Waals surface area contributed by atoms with Crippen molar-refractivity contribution in [1.82, 2.24) is 0 Å². The van der Waals surface area contributed by atoms with Gasteiger partial charge in [-0.3, -0.25) is 0 Å². The molecule has 0 N–H and O–H groups in total. The van der Waals surface area contributed by atoms with Crippen molar-refractivity contribution in [3.8, 4) is 0 Å². The molecule has 4 nitrogen and oxygen atoms in total. The van der Waals surface area contributed by atoms with Gasteiger partial charge in [-0.1, -0.05) is 325 Å². The predicted molar refractivity (Wildman–Crippen MR) is 338 cm³/mol. The molecule has 0 saturated carbocycles. The third-order valence-corrected chi connectivity index (χ3v) is 2.94. The predicted octanol–water partition coefficient (Wildman–Crippen LogP) is 23.2. The smallest absolute Gasteiger partial charge is 0.0351 e. The Morgan fingerprint density at radius 2 is 0.262 bits per heavy atom. The monoisotopic (exact) mass is 1150 g/mol. The van der Waals surface area contributed by atoms with Crippen molar-refractivity contribution in [2.45, 2.75) is 187 Å². The molecule has 0 atom stereocenters. The highest BCUT2D eigenvalue weighted by molar-refractivity contribution is 15.0. The largest absolute Gasteiger partial charge is 0.388 e. The summed E-state index contributed by atoms with van der Waals surface area (Å²) in [5, 5.41) is 0. The van der Waals surface area contributed by atoms with Crippen molar-refractivity contribution in [3.63, 3.8) is 0 Å². The van der Waals surface area contributed by atoms with Gasteiger partial charge in [0.25, 0.3) is 0 Å². The molecule has 0 aliphatic rings. The highest BCUT2D eigenvalue weighted by Crippen LogP contribution is 1.92. The Bertz CT molecular complexity index is 621. The van der Waals surface area contributed by atoms with Gasteiger partial charge in [0.05, 0.1) is 0 Å². The summed E-state index contributed by atoms with van der Waals surface area (Å²) in [6.07, 6.45) is 0. The lowest BCUT2D eigenvalue weighted by molar-refractivity contribution is 0.277. The Morgan fingerprint density at radius 1 is 0.200 bits per heavy atom. The number of hydrogen-bond donors (Lipinski definition) is 0. The summed E-state index contributed by atoms with van der Waals surface area (Å²) in [6, 6.07) is 46.3. The first kappa shape index (κ1) is 120. The van der Waals surface area contributed by atoms with Crippen molar-refractivity contribution in [2.75, 3.05) is 56.9 Å². The van der Waals surface area contributed by atoms with Crippen molar-refractivity contribution >= 4 is 37.2 Å². The highest BCUT2D eigenvalue weighted by atomic mass is 128. The minimum Gasteiger partial charge on any atom is -0.388 e. The number of hydrogen-bond acceptors (Lipinski definition) is 4.